The lowest BCUT2D eigenvalue weighted by Crippen LogP contribution is -2.63. The molecule has 4 nitrogen and oxygen atoms in total. The first kappa shape index (κ1) is 29.0. The highest BCUT2D eigenvalue weighted by atomic mass is 32.3. The fourth-order valence-corrected chi connectivity index (χ4v) is 7.39. The number of alkyl halides is 12. The number of sulfone groups is 2. The lowest BCUT2D eigenvalue weighted by molar-refractivity contribution is -0.418. The molecule has 35 heavy (non-hydrogen) atoms. The maximum atomic E-state index is 13.2. The summed E-state index contributed by atoms with van der Waals surface area (Å²) in [4.78, 5) is 0. The molecule has 2 rings (SSSR count). The minimum absolute atomic E-state index is 0.160. The van der Waals surface area contributed by atoms with Gasteiger partial charge in [0.15, 0.2) is 14.1 Å². The number of hydrogen-bond acceptors (Lipinski definition) is 4. The Morgan fingerprint density at radius 3 is 1.54 bits per heavy atom. The smallest absolute Gasteiger partial charge is 0.223 e. The van der Waals surface area contributed by atoms with Crippen LogP contribution in [0.2, 0.25) is 0 Å². The Morgan fingerprint density at radius 1 is 0.714 bits per heavy atom. The quantitative estimate of drug-likeness (QED) is 0.516. The molecule has 0 fully saturated rings. The molecule has 1 aromatic carbocycles. The van der Waals surface area contributed by atoms with E-state index in [2.05, 4.69) is 0 Å². The normalized spacial score (nSPS) is 17.8. The molecule has 0 unspecified atom stereocenters. The van der Waals surface area contributed by atoms with E-state index in [1.54, 1.807) is 0 Å². The Morgan fingerprint density at radius 2 is 1.14 bits per heavy atom. The van der Waals surface area contributed by atoms with Crippen molar-refractivity contribution in [1.82, 2.24) is 0 Å². The van der Waals surface area contributed by atoms with Gasteiger partial charge in [0.1, 0.15) is 0 Å². The van der Waals surface area contributed by atoms with Crippen LogP contribution in [0.25, 0.3) is 12.2 Å². The Balaban J connectivity index is 3.02. The summed E-state index contributed by atoms with van der Waals surface area (Å²) in [5, 5.41) is -0.0415. The zero-order chi connectivity index (χ0) is 27.5. The molecule has 1 aliphatic rings. The van der Waals surface area contributed by atoms with Crippen LogP contribution in [0.3, 0.4) is 0 Å². The summed E-state index contributed by atoms with van der Waals surface area (Å²) in [7, 11) is -14.4. The molecule has 1 aliphatic carbocycles. The molecule has 198 valence electrons. The van der Waals surface area contributed by atoms with Crippen molar-refractivity contribution in [1.29, 1.82) is 0 Å². The highest BCUT2D eigenvalue weighted by Crippen LogP contribution is 2.60. The molecular weight excluding hydrogens is 560 g/mol. The third-order valence-electron chi connectivity index (χ3n) is 4.82. The molecule has 0 aliphatic heterocycles. The van der Waals surface area contributed by atoms with E-state index >= 15 is 0 Å². The molecule has 0 atom stereocenters. The van der Waals surface area contributed by atoms with Gasteiger partial charge in [0, 0.05) is 0 Å². The summed E-state index contributed by atoms with van der Waals surface area (Å²) >= 11 is 0. The van der Waals surface area contributed by atoms with Crippen LogP contribution in [-0.4, -0.2) is 46.6 Å². The third-order valence-corrected chi connectivity index (χ3v) is 9.24. The van der Waals surface area contributed by atoms with Crippen molar-refractivity contribution in [2.45, 2.75) is 30.5 Å². The predicted molar refractivity (Wildman–Crippen MR) is 95.6 cm³/mol. The van der Waals surface area contributed by atoms with E-state index < -0.39 is 71.1 Å². The number of hydrogen-bond donors (Lipinski definition) is 0. The zero-order valence-electron chi connectivity index (χ0n) is 16.4. The molecule has 0 aromatic heterocycles. The number of benzene rings is 1. The molecular formula is C17H10F12O4S2. The summed E-state index contributed by atoms with van der Waals surface area (Å²) in [5.74, 6) is -4.12. The van der Waals surface area contributed by atoms with Gasteiger partial charge in [-0.05, 0) is 28.5 Å². The van der Waals surface area contributed by atoms with Crippen molar-refractivity contribution < 1.29 is 69.5 Å². The van der Waals surface area contributed by atoms with Crippen LogP contribution in [0.4, 0.5) is 52.7 Å². The summed E-state index contributed by atoms with van der Waals surface area (Å²) in [6.07, 6.45) is -22.2. The highest BCUT2D eigenvalue weighted by molar-refractivity contribution is 8.14. The summed E-state index contributed by atoms with van der Waals surface area (Å²) in [6.45, 7) is 0. The Hall–Kier alpha value is -2.24. The van der Waals surface area contributed by atoms with E-state index in [0.717, 1.165) is 12.1 Å². The summed E-state index contributed by atoms with van der Waals surface area (Å²) < 4.78 is 205. The standard InChI is InChI=1S/C17H10F12O4S2/c18-14(19,20)13(15(21,22)23,16(24,25)26)8-34(30,31)12(35(32,33)17(27,28)29)11-6-5-9-3-1-2-4-10(9)7-11/h1-5,7H,6,8H2. The maximum absolute atomic E-state index is 13.2. The summed E-state index contributed by atoms with van der Waals surface area (Å²) in [6, 6.07) is 4.94. The van der Waals surface area contributed by atoms with Gasteiger partial charge in [-0.3, -0.25) is 0 Å². The average molecular weight is 570 g/mol. The van der Waals surface area contributed by atoms with Gasteiger partial charge in [-0.15, -0.1) is 0 Å². The molecule has 0 saturated carbocycles. The number of allylic oxidation sites excluding steroid dienone is 1. The first-order valence-electron chi connectivity index (χ1n) is 8.64. The van der Waals surface area contributed by atoms with Crippen molar-refractivity contribution in [3.63, 3.8) is 0 Å². The van der Waals surface area contributed by atoms with E-state index in [9.17, 15) is 69.5 Å². The molecule has 0 radical (unpaired) electrons. The third kappa shape index (κ3) is 4.90. The van der Waals surface area contributed by atoms with E-state index in [1.807, 2.05) is 0 Å². The Bertz CT molecular complexity index is 1320. The van der Waals surface area contributed by atoms with Crippen LogP contribution in [0.1, 0.15) is 6.42 Å². The van der Waals surface area contributed by atoms with E-state index in [-0.39, 0.29) is 10.4 Å². The van der Waals surface area contributed by atoms with E-state index in [4.69, 9.17) is 0 Å². The maximum Gasteiger partial charge on any atom is 0.502 e. The van der Waals surface area contributed by atoms with Gasteiger partial charge < -0.3 is 0 Å². The van der Waals surface area contributed by atoms with E-state index in [0.29, 0.717) is 6.08 Å². The monoisotopic (exact) mass is 570 g/mol. The Kier molecular flexibility index (Phi) is 6.97. The van der Waals surface area contributed by atoms with Gasteiger partial charge in [-0.25, -0.2) is 16.8 Å². The molecule has 0 saturated heterocycles. The van der Waals surface area contributed by atoms with Crippen LogP contribution in [0.5, 0.6) is 0 Å². The van der Waals surface area contributed by atoms with Crippen molar-refractivity contribution in [3.8, 4) is 0 Å². The summed E-state index contributed by atoms with van der Waals surface area (Å²) in [5.41, 5.74) is -15.2. The lowest BCUT2D eigenvalue weighted by Gasteiger charge is -2.38. The zero-order valence-corrected chi connectivity index (χ0v) is 18.0. The lowest BCUT2D eigenvalue weighted by atomic mass is 9.88. The van der Waals surface area contributed by atoms with Crippen molar-refractivity contribution in [3.05, 3.63) is 44.5 Å². The fourth-order valence-electron chi connectivity index (χ4n) is 3.16. The number of rotatable bonds is 4. The molecule has 0 heterocycles. The number of fused-ring (bicyclic) bond motifs is 1. The Labute approximate surface area is 188 Å². The molecule has 0 N–H and O–H groups in total. The van der Waals surface area contributed by atoms with Crippen molar-refractivity contribution in [2.75, 3.05) is 5.75 Å². The molecule has 18 heteroatoms. The van der Waals surface area contributed by atoms with Gasteiger partial charge in [-0.2, -0.15) is 52.7 Å². The largest absolute Gasteiger partial charge is 0.502 e. The second kappa shape index (κ2) is 8.41. The molecule has 0 spiro atoms. The van der Waals surface area contributed by atoms with E-state index in [1.165, 1.54) is 18.2 Å². The first-order valence-corrected chi connectivity index (χ1v) is 11.8. The van der Waals surface area contributed by atoms with Crippen LogP contribution in [-0.2, 0) is 19.7 Å². The van der Waals surface area contributed by atoms with Gasteiger partial charge in [-0.1, -0.05) is 30.3 Å². The number of halogens is 12. The van der Waals surface area contributed by atoms with Gasteiger partial charge in [0.05, 0.1) is 5.75 Å². The average Bonchev–Trinajstić information content (AvgIpc) is 2.61. The topological polar surface area (TPSA) is 68.3 Å². The predicted octanol–water partition coefficient (Wildman–Crippen LogP) is 3.89. The van der Waals surface area contributed by atoms with Crippen LogP contribution < -0.4 is 10.4 Å². The van der Waals surface area contributed by atoms with Crippen molar-refractivity contribution in [2.24, 2.45) is 5.41 Å². The van der Waals surface area contributed by atoms with Gasteiger partial charge >= 0.3 is 24.0 Å². The van der Waals surface area contributed by atoms with Gasteiger partial charge in [0.2, 0.25) is 0 Å². The molecule has 0 bridgehead atoms. The second-order valence-electron chi connectivity index (χ2n) is 7.10. The highest BCUT2D eigenvalue weighted by Gasteiger charge is 2.85. The first-order chi connectivity index (χ1) is 15.4. The minimum atomic E-state index is -7.46. The second-order valence-corrected chi connectivity index (χ2v) is 11.2. The van der Waals surface area contributed by atoms with Crippen molar-refractivity contribution >= 4 is 31.8 Å². The van der Waals surface area contributed by atoms with Gasteiger partial charge in [0.25, 0.3) is 15.3 Å². The molecule has 1 aromatic rings. The van der Waals surface area contributed by atoms with Crippen LogP contribution in [0.15, 0.2) is 34.1 Å². The minimum Gasteiger partial charge on any atom is -0.223 e. The molecule has 0 amide bonds. The van der Waals surface area contributed by atoms with Crippen LogP contribution >= 0.6 is 0 Å². The fraction of sp³-hybridized carbons (Fsp3) is 0.412. The van der Waals surface area contributed by atoms with Crippen LogP contribution in [0, 0.1) is 5.41 Å². The SMILES string of the molecule is O=S(=O)(CC(C(F)(F)F)(C(F)(F)F)C(F)(F)F)C(=C1C=c2ccccc2=CC1)S(=O)(=O)C(F)(F)F.